The van der Waals surface area contributed by atoms with E-state index >= 15 is 0 Å². The molecule has 0 unspecified atom stereocenters. The summed E-state index contributed by atoms with van der Waals surface area (Å²) in [4.78, 5) is 28.1. The molecule has 0 saturated heterocycles. The summed E-state index contributed by atoms with van der Waals surface area (Å²) in [6.07, 6.45) is 2.36. The van der Waals surface area contributed by atoms with Crippen LogP contribution in [-0.2, 0) is 22.4 Å². The SMILES string of the molecule is CC[C@H](C(=O)NC(C)C)N(CCc1ccccc1)C(=O)CCc1cccc2ccccc12. The molecular formula is C28H34N2O2. The van der Waals surface area contributed by atoms with E-state index < -0.39 is 6.04 Å². The first-order valence-electron chi connectivity index (χ1n) is 11.6. The van der Waals surface area contributed by atoms with Gasteiger partial charge in [-0.2, -0.15) is 0 Å². The zero-order valence-corrected chi connectivity index (χ0v) is 19.4. The number of carbonyl (C=O) groups is 2. The van der Waals surface area contributed by atoms with Crippen LogP contribution in [-0.4, -0.2) is 35.3 Å². The van der Waals surface area contributed by atoms with Crippen LogP contribution in [0.2, 0.25) is 0 Å². The third-order valence-corrected chi connectivity index (χ3v) is 5.79. The third kappa shape index (κ3) is 6.19. The molecule has 168 valence electrons. The topological polar surface area (TPSA) is 49.4 Å². The first-order chi connectivity index (χ1) is 15.5. The van der Waals surface area contributed by atoms with Gasteiger partial charge in [-0.3, -0.25) is 9.59 Å². The molecule has 1 N–H and O–H groups in total. The zero-order valence-electron chi connectivity index (χ0n) is 19.4. The molecule has 3 aromatic rings. The van der Waals surface area contributed by atoms with Crippen molar-refractivity contribution in [3.63, 3.8) is 0 Å². The number of benzene rings is 3. The Labute approximate surface area is 191 Å². The van der Waals surface area contributed by atoms with E-state index in [1.165, 1.54) is 21.9 Å². The molecule has 3 rings (SSSR count). The highest BCUT2D eigenvalue weighted by Gasteiger charge is 2.28. The van der Waals surface area contributed by atoms with Gasteiger partial charge in [0, 0.05) is 19.0 Å². The highest BCUT2D eigenvalue weighted by Crippen LogP contribution is 2.20. The van der Waals surface area contributed by atoms with Gasteiger partial charge in [0.2, 0.25) is 11.8 Å². The highest BCUT2D eigenvalue weighted by atomic mass is 16.2. The summed E-state index contributed by atoms with van der Waals surface area (Å²) in [5.74, 6) is -0.0475. The Morgan fingerprint density at radius 1 is 0.875 bits per heavy atom. The predicted octanol–water partition coefficient (Wildman–Crippen LogP) is 5.15. The van der Waals surface area contributed by atoms with Crippen molar-refractivity contribution in [3.8, 4) is 0 Å². The monoisotopic (exact) mass is 430 g/mol. The van der Waals surface area contributed by atoms with Gasteiger partial charge in [-0.25, -0.2) is 0 Å². The molecule has 0 aliphatic heterocycles. The van der Waals surface area contributed by atoms with Crippen molar-refractivity contribution in [2.24, 2.45) is 0 Å². The third-order valence-electron chi connectivity index (χ3n) is 5.79. The maximum atomic E-state index is 13.4. The fourth-order valence-electron chi connectivity index (χ4n) is 4.17. The Balaban J connectivity index is 1.77. The smallest absolute Gasteiger partial charge is 0.242 e. The van der Waals surface area contributed by atoms with E-state index in [1.54, 1.807) is 4.90 Å². The van der Waals surface area contributed by atoms with Crippen molar-refractivity contribution in [2.75, 3.05) is 6.54 Å². The van der Waals surface area contributed by atoms with Gasteiger partial charge in [0.15, 0.2) is 0 Å². The molecule has 0 aliphatic rings. The zero-order chi connectivity index (χ0) is 22.9. The molecule has 3 aromatic carbocycles. The first kappa shape index (κ1) is 23.5. The van der Waals surface area contributed by atoms with Gasteiger partial charge in [0.05, 0.1) is 0 Å². The Bertz CT molecular complexity index is 1020. The Morgan fingerprint density at radius 2 is 1.56 bits per heavy atom. The molecule has 0 saturated carbocycles. The molecule has 0 radical (unpaired) electrons. The lowest BCUT2D eigenvalue weighted by atomic mass is 10.00. The van der Waals surface area contributed by atoms with Crippen molar-refractivity contribution in [3.05, 3.63) is 83.9 Å². The van der Waals surface area contributed by atoms with Crippen molar-refractivity contribution in [2.45, 2.75) is 58.5 Å². The molecule has 32 heavy (non-hydrogen) atoms. The minimum absolute atomic E-state index is 0.0274. The molecule has 0 aromatic heterocycles. The van der Waals surface area contributed by atoms with Crippen LogP contribution in [0.3, 0.4) is 0 Å². The van der Waals surface area contributed by atoms with Gasteiger partial charge in [0.25, 0.3) is 0 Å². The summed E-state index contributed by atoms with van der Waals surface area (Å²) in [5.41, 5.74) is 2.33. The molecular weight excluding hydrogens is 396 g/mol. The lowest BCUT2D eigenvalue weighted by Gasteiger charge is -2.31. The fraction of sp³-hybridized carbons (Fsp3) is 0.357. The molecule has 0 heterocycles. The van der Waals surface area contributed by atoms with Crippen molar-refractivity contribution < 1.29 is 9.59 Å². The number of nitrogens with one attached hydrogen (secondary N) is 1. The Kier molecular flexibility index (Phi) is 8.43. The van der Waals surface area contributed by atoms with Crippen molar-refractivity contribution in [1.29, 1.82) is 0 Å². The fourth-order valence-corrected chi connectivity index (χ4v) is 4.17. The minimum atomic E-state index is -0.457. The summed E-state index contributed by atoms with van der Waals surface area (Å²) in [5, 5.41) is 5.36. The van der Waals surface area contributed by atoms with Gasteiger partial charge in [-0.1, -0.05) is 79.7 Å². The molecule has 0 aliphatic carbocycles. The number of fused-ring (bicyclic) bond motifs is 1. The van der Waals surface area contributed by atoms with Crippen molar-refractivity contribution in [1.82, 2.24) is 10.2 Å². The lowest BCUT2D eigenvalue weighted by Crippen LogP contribution is -2.51. The minimum Gasteiger partial charge on any atom is -0.352 e. The van der Waals surface area contributed by atoms with Crippen LogP contribution in [0.4, 0.5) is 0 Å². The highest BCUT2D eigenvalue weighted by molar-refractivity contribution is 5.89. The molecule has 0 spiro atoms. The summed E-state index contributed by atoms with van der Waals surface area (Å²) >= 11 is 0. The first-order valence-corrected chi connectivity index (χ1v) is 11.6. The van der Waals surface area contributed by atoms with Crippen LogP contribution in [0, 0.1) is 0 Å². The molecule has 0 bridgehead atoms. The van der Waals surface area contributed by atoms with E-state index in [0.717, 1.165) is 6.42 Å². The number of hydrogen-bond acceptors (Lipinski definition) is 2. The number of aryl methyl sites for hydroxylation is 1. The lowest BCUT2D eigenvalue weighted by molar-refractivity contribution is -0.140. The summed E-state index contributed by atoms with van der Waals surface area (Å²) in [7, 11) is 0. The normalized spacial score (nSPS) is 12.0. The van der Waals surface area contributed by atoms with Crippen LogP contribution in [0.5, 0.6) is 0 Å². The largest absolute Gasteiger partial charge is 0.352 e. The van der Waals surface area contributed by atoms with E-state index in [0.29, 0.717) is 25.8 Å². The van der Waals surface area contributed by atoms with Crippen LogP contribution in [0.15, 0.2) is 72.8 Å². The molecule has 4 nitrogen and oxygen atoms in total. The van der Waals surface area contributed by atoms with E-state index in [4.69, 9.17) is 0 Å². The van der Waals surface area contributed by atoms with Crippen LogP contribution < -0.4 is 5.32 Å². The summed E-state index contributed by atoms with van der Waals surface area (Å²) < 4.78 is 0. The quantitative estimate of drug-likeness (QED) is 0.484. The standard InChI is InChI=1S/C28H34N2O2/c1-4-26(28(32)29-21(2)3)30(20-19-22-11-6-5-7-12-22)27(31)18-17-24-15-10-14-23-13-8-9-16-25(23)24/h5-16,21,26H,4,17-20H2,1-3H3,(H,29,32)/t26-/m1/s1. The molecule has 4 heteroatoms. The van der Waals surface area contributed by atoms with Gasteiger partial charge >= 0.3 is 0 Å². The predicted molar refractivity (Wildman–Crippen MR) is 131 cm³/mol. The van der Waals surface area contributed by atoms with Crippen LogP contribution >= 0.6 is 0 Å². The van der Waals surface area contributed by atoms with E-state index in [1.807, 2.05) is 57.2 Å². The number of nitrogens with zero attached hydrogens (tertiary/aromatic N) is 1. The van der Waals surface area contributed by atoms with E-state index in [-0.39, 0.29) is 17.9 Å². The molecule has 0 fully saturated rings. The van der Waals surface area contributed by atoms with E-state index in [9.17, 15) is 9.59 Å². The molecule has 1 atom stereocenters. The Hall–Kier alpha value is -3.14. The van der Waals surface area contributed by atoms with Gasteiger partial charge in [-0.05, 0) is 55.0 Å². The average Bonchev–Trinajstić information content (AvgIpc) is 2.80. The van der Waals surface area contributed by atoms with Crippen molar-refractivity contribution >= 4 is 22.6 Å². The van der Waals surface area contributed by atoms with Gasteiger partial charge in [-0.15, -0.1) is 0 Å². The summed E-state index contributed by atoms with van der Waals surface area (Å²) in [6.45, 7) is 6.39. The average molecular weight is 431 g/mol. The van der Waals surface area contributed by atoms with Crippen LogP contribution in [0.25, 0.3) is 10.8 Å². The van der Waals surface area contributed by atoms with Gasteiger partial charge in [0.1, 0.15) is 6.04 Å². The number of hydrogen-bond donors (Lipinski definition) is 1. The second-order valence-electron chi connectivity index (χ2n) is 8.55. The number of rotatable bonds is 10. The van der Waals surface area contributed by atoms with Gasteiger partial charge < -0.3 is 10.2 Å². The number of amides is 2. The second kappa shape index (κ2) is 11.5. The molecule has 2 amide bonds. The van der Waals surface area contributed by atoms with Crippen LogP contribution in [0.1, 0.15) is 44.7 Å². The van der Waals surface area contributed by atoms with E-state index in [2.05, 4.69) is 41.7 Å². The maximum Gasteiger partial charge on any atom is 0.242 e. The maximum absolute atomic E-state index is 13.4. The number of carbonyl (C=O) groups excluding carboxylic acids is 2. The summed E-state index contributed by atoms with van der Waals surface area (Å²) in [6, 6.07) is 24.2. The Morgan fingerprint density at radius 3 is 2.28 bits per heavy atom. The second-order valence-corrected chi connectivity index (χ2v) is 8.55.